The van der Waals surface area contributed by atoms with E-state index in [1.54, 1.807) is 19.9 Å². The summed E-state index contributed by atoms with van der Waals surface area (Å²) in [4.78, 5) is 21.4. The van der Waals surface area contributed by atoms with Crippen LogP contribution in [-0.4, -0.2) is 65.9 Å². The lowest BCUT2D eigenvalue weighted by atomic mass is 9.86. The second-order valence-electron chi connectivity index (χ2n) is 10.1. The summed E-state index contributed by atoms with van der Waals surface area (Å²) in [6.07, 6.45) is 12.5. The quantitative estimate of drug-likeness (QED) is 0.327. The standard InChI is InChI=1S/C23H37NO5.C4H8O2/c1-5-6-7-21(26)24-19-15-27-22(28-16-19)11-9-17(2)8-10-20-12-18(14-25)13-23(3,4)29-20;1-3(2)4(5)6/h6-10,18-20,22,25H,5,11-16H2,1-4H3,(H,24,26);3H,1-2H3,(H,5,6)/b7-6-,10-8+,17-9+;. The van der Waals surface area contributed by atoms with Crippen LogP contribution in [-0.2, 0) is 23.8 Å². The van der Waals surface area contributed by atoms with Gasteiger partial charge in [0, 0.05) is 13.0 Å². The highest BCUT2D eigenvalue weighted by Crippen LogP contribution is 2.32. The molecule has 2 unspecified atom stereocenters. The summed E-state index contributed by atoms with van der Waals surface area (Å²) in [6, 6.07) is -0.114. The molecule has 1 amide bonds. The average Bonchev–Trinajstić information content (AvgIpc) is 2.80. The molecule has 0 bridgehead atoms. The number of aliphatic hydroxyl groups is 1. The van der Waals surface area contributed by atoms with Crippen molar-refractivity contribution < 1.29 is 34.0 Å². The third kappa shape index (κ3) is 13.6. The lowest BCUT2D eigenvalue weighted by molar-refractivity contribution is -0.187. The molecule has 200 valence electrons. The van der Waals surface area contributed by atoms with Crippen LogP contribution in [0.3, 0.4) is 0 Å². The summed E-state index contributed by atoms with van der Waals surface area (Å²) in [7, 11) is 0. The molecular formula is C27H45NO7. The number of rotatable bonds is 9. The molecule has 2 heterocycles. The van der Waals surface area contributed by atoms with Crippen LogP contribution in [0.15, 0.2) is 36.0 Å². The van der Waals surface area contributed by atoms with Crippen LogP contribution >= 0.6 is 0 Å². The molecule has 0 aromatic heterocycles. The molecule has 0 saturated carbocycles. The second-order valence-corrected chi connectivity index (χ2v) is 10.1. The van der Waals surface area contributed by atoms with E-state index in [0.29, 0.717) is 19.6 Å². The van der Waals surface area contributed by atoms with Crippen LogP contribution in [0, 0.1) is 11.8 Å². The Balaban J connectivity index is 0.000000905. The van der Waals surface area contributed by atoms with E-state index in [4.69, 9.17) is 19.3 Å². The van der Waals surface area contributed by atoms with Crippen LogP contribution in [0.5, 0.6) is 0 Å². The lowest BCUT2D eigenvalue weighted by Gasteiger charge is -2.39. The van der Waals surface area contributed by atoms with Crippen molar-refractivity contribution in [3.8, 4) is 0 Å². The molecule has 2 atom stereocenters. The first-order valence-electron chi connectivity index (χ1n) is 12.5. The molecule has 0 radical (unpaired) electrons. The summed E-state index contributed by atoms with van der Waals surface area (Å²) < 4.78 is 17.5. The van der Waals surface area contributed by atoms with E-state index in [1.165, 1.54) is 0 Å². The zero-order chi connectivity index (χ0) is 26.4. The summed E-state index contributed by atoms with van der Waals surface area (Å²) in [6.45, 7) is 12.6. The van der Waals surface area contributed by atoms with E-state index in [2.05, 4.69) is 37.4 Å². The van der Waals surface area contributed by atoms with Gasteiger partial charge in [-0.15, -0.1) is 0 Å². The van der Waals surface area contributed by atoms with Gasteiger partial charge in [0.25, 0.3) is 0 Å². The fraction of sp³-hybridized carbons (Fsp3) is 0.704. The highest BCUT2D eigenvalue weighted by Gasteiger charge is 2.33. The Hall–Kier alpha value is -2.00. The van der Waals surface area contributed by atoms with Crippen LogP contribution < -0.4 is 5.32 Å². The molecule has 2 aliphatic rings. The topological polar surface area (TPSA) is 114 Å². The molecule has 0 aromatic carbocycles. The van der Waals surface area contributed by atoms with E-state index in [0.717, 1.165) is 24.8 Å². The number of aliphatic hydroxyl groups excluding tert-OH is 1. The van der Waals surface area contributed by atoms with Crippen molar-refractivity contribution in [1.82, 2.24) is 5.32 Å². The van der Waals surface area contributed by atoms with Crippen molar-refractivity contribution in [1.29, 1.82) is 0 Å². The van der Waals surface area contributed by atoms with E-state index >= 15 is 0 Å². The van der Waals surface area contributed by atoms with Crippen molar-refractivity contribution in [2.75, 3.05) is 19.8 Å². The van der Waals surface area contributed by atoms with Crippen LogP contribution in [0.25, 0.3) is 0 Å². The predicted molar refractivity (Wildman–Crippen MR) is 136 cm³/mol. The number of carbonyl (C=O) groups is 2. The number of ether oxygens (including phenoxy) is 3. The number of carbonyl (C=O) groups excluding carboxylic acids is 1. The highest BCUT2D eigenvalue weighted by atomic mass is 16.7. The normalized spacial score (nSPS) is 27.0. The van der Waals surface area contributed by atoms with Gasteiger partial charge < -0.3 is 29.7 Å². The molecular weight excluding hydrogens is 450 g/mol. The van der Waals surface area contributed by atoms with Crippen LogP contribution in [0.1, 0.15) is 67.2 Å². The molecule has 2 rings (SSSR count). The first-order valence-corrected chi connectivity index (χ1v) is 12.5. The van der Waals surface area contributed by atoms with Gasteiger partial charge in [0.2, 0.25) is 5.91 Å². The average molecular weight is 496 g/mol. The Morgan fingerprint density at radius 2 is 1.80 bits per heavy atom. The highest BCUT2D eigenvalue weighted by molar-refractivity contribution is 5.87. The van der Waals surface area contributed by atoms with Gasteiger partial charge in [0.05, 0.1) is 36.9 Å². The summed E-state index contributed by atoms with van der Waals surface area (Å²) in [5.41, 5.74) is 0.908. The first-order chi connectivity index (χ1) is 16.5. The van der Waals surface area contributed by atoms with E-state index in [9.17, 15) is 14.7 Å². The minimum atomic E-state index is -0.741. The molecule has 2 fully saturated rings. The number of carboxylic acids is 1. The minimum Gasteiger partial charge on any atom is -0.481 e. The number of aliphatic carboxylic acids is 1. The number of nitrogens with one attached hydrogen (secondary N) is 1. The van der Waals surface area contributed by atoms with Crippen LogP contribution in [0.4, 0.5) is 0 Å². The number of hydrogen-bond donors (Lipinski definition) is 3. The fourth-order valence-corrected chi connectivity index (χ4v) is 3.72. The molecule has 0 aromatic rings. The zero-order valence-electron chi connectivity index (χ0n) is 22.2. The largest absolute Gasteiger partial charge is 0.481 e. The van der Waals surface area contributed by atoms with Crippen LogP contribution in [0.2, 0.25) is 0 Å². The molecule has 2 aliphatic heterocycles. The predicted octanol–water partition coefficient (Wildman–Crippen LogP) is 4.00. The third-order valence-electron chi connectivity index (χ3n) is 5.59. The Labute approximate surface area is 210 Å². The third-order valence-corrected chi connectivity index (χ3v) is 5.59. The molecule has 0 spiro atoms. The van der Waals surface area contributed by atoms with Gasteiger partial charge in [-0.25, -0.2) is 0 Å². The Morgan fingerprint density at radius 3 is 2.34 bits per heavy atom. The molecule has 0 aliphatic carbocycles. The van der Waals surface area contributed by atoms with E-state index in [-0.39, 0.29) is 48.4 Å². The van der Waals surface area contributed by atoms with Crippen molar-refractivity contribution in [3.63, 3.8) is 0 Å². The van der Waals surface area contributed by atoms with E-state index in [1.807, 2.05) is 19.9 Å². The number of carboxylic acid groups (broad SMARTS) is 1. The fourth-order valence-electron chi connectivity index (χ4n) is 3.72. The zero-order valence-corrected chi connectivity index (χ0v) is 22.2. The molecule has 3 N–H and O–H groups in total. The van der Waals surface area contributed by atoms with Crippen molar-refractivity contribution in [3.05, 3.63) is 36.0 Å². The van der Waals surface area contributed by atoms with Gasteiger partial charge in [-0.3, -0.25) is 9.59 Å². The summed E-state index contributed by atoms with van der Waals surface area (Å²) in [5, 5.41) is 20.4. The maximum absolute atomic E-state index is 11.7. The monoisotopic (exact) mass is 495 g/mol. The Kier molecular flexibility index (Phi) is 14.1. The molecule has 8 nitrogen and oxygen atoms in total. The van der Waals surface area contributed by atoms with Gasteiger partial charge in [0.15, 0.2) is 6.29 Å². The molecule has 35 heavy (non-hydrogen) atoms. The first kappa shape index (κ1) is 31.0. The van der Waals surface area contributed by atoms with Gasteiger partial charge in [0.1, 0.15) is 0 Å². The SMILES string of the molecule is CC(C)C(=O)O.CC/C=C\C(=O)NC1COC(C/C=C(C)/C=C/C2CC(CO)CC(C)(C)O2)OC1. The second kappa shape index (κ2) is 15.9. The van der Waals surface area contributed by atoms with E-state index < -0.39 is 5.97 Å². The van der Waals surface area contributed by atoms with Gasteiger partial charge in [-0.1, -0.05) is 50.6 Å². The number of allylic oxidation sites excluding steroid dienone is 3. The number of hydrogen-bond acceptors (Lipinski definition) is 6. The number of amides is 1. The maximum atomic E-state index is 11.7. The Morgan fingerprint density at radius 1 is 1.17 bits per heavy atom. The van der Waals surface area contributed by atoms with Crippen molar-refractivity contribution >= 4 is 11.9 Å². The summed E-state index contributed by atoms with van der Waals surface area (Å²) >= 11 is 0. The maximum Gasteiger partial charge on any atom is 0.305 e. The van der Waals surface area contributed by atoms with Gasteiger partial charge >= 0.3 is 5.97 Å². The lowest BCUT2D eigenvalue weighted by Crippen LogP contribution is -2.46. The summed E-state index contributed by atoms with van der Waals surface area (Å²) in [5.74, 6) is -0.799. The van der Waals surface area contributed by atoms with Crippen molar-refractivity contribution in [2.45, 2.75) is 91.3 Å². The van der Waals surface area contributed by atoms with Crippen molar-refractivity contribution in [2.24, 2.45) is 11.8 Å². The van der Waals surface area contributed by atoms with Gasteiger partial charge in [-0.2, -0.15) is 0 Å². The van der Waals surface area contributed by atoms with Gasteiger partial charge in [-0.05, 0) is 52.0 Å². The Bertz CT molecular complexity index is 734. The molecule has 8 heteroatoms. The smallest absolute Gasteiger partial charge is 0.305 e. The molecule has 2 saturated heterocycles. The minimum absolute atomic E-state index is 0.0209.